The first-order valence-electron chi connectivity index (χ1n) is 11.9. The van der Waals surface area contributed by atoms with Crippen LogP contribution in [0.1, 0.15) is 24.3 Å². The Balaban J connectivity index is 1.72. The SMILES string of the molecule is COC(=O)N1C(=O)C2CC=C3C(CC4(Cl)C(=O)N(CBr)C(=O)C4(Cl)C3c3ccccc3OCCO)C2C1=O. The molecule has 38 heavy (non-hydrogen) atoms. The number of alkyl halides is 3. The van der Waals surface area contributed by atoms with Gasteiger partial charge in [-0.25, -0.2) is 4.79 Å². The van der Waals surface area contributed by atoms with Gasteiger partial charge in [-0.05, 0) is 24.8 Å². The van der Waals surface area contributed by atoms with E-state index >= 15 is 0 Å². The van der Waals surface area contributed by atoms with E-state index in [1.165, 1.54) is 0 Å². The van der Waals surface area contributed by atoms with Crippen LogP contribution in [0, 0.1) is 17.8 Å². The number of carbonyl (C=O) groups is 5. The van der Waals surface area contributed by atoms with E-state index in [1.54, 1.807) is 30.3 Å². The van der Waals surface area contributed by atoms with E-state index in [1.807, 2.05) is 0 Å². The van der Waals surface area contributed by atoms with Crippen LogP contribution in [0.15, 0.2) is 35.9 Å². The Labute approximate surface area is 235 Å². The molecule has 5 amide bonds. The standard InChI is InChI=1S/C25H23BrCl2N2O8/c1-37-23(36)30-19(32)14-7-6-12-15(17(14)20(30)33)10-24(27)21(34)29(11-26)22(35)25(24,28)18(12)13-4-2-3-5-16(13)38-9-8-31/h2-6,14-15,17-18,31H,7-11H2,1H3. The van der Waals surface area contributed by atoms with Crippen LogP contribution in [0.4, 0.5) is 4.79 Å². The molecule has 0 spiro atoms. The van der Waals surface area contributed by atoms with Crippen LogP contribution in [-0.4, -0.2) is 80.2 Å². The lowest BCUT2D eigenvalue weighted by Crippen LogP contribution is -2.60. The predicted octanol–water partition coefficient (Wildman–Crippen LogP) is 2.54. The van der Waals surface area contributed by atoms with Gasteiger partial charge in [-0.2, -0.15) is 4.90 Å². The second-order valence-corrected chi connectivity index (χ2v) is 11.3. The molecule has 2 aliphatic carbocycles. The number of carbonyl (C=O) groups excluding carboxylic acids is 5. The Morgan fingerprint density at radius 1 is 1.13 bits per heavy atom. The zero-order chi connectivity index (χ0) is 27.6. The maximum atomic E-state index is 13.8. The van der Waals surface area contributed by atoms with Gasteiger partial charge < -0.3 is 14.6 Å². The molecule has 6 unspecified atom stereocenters. The van der Waals surface area contributed by atoms with Gasteiger partial charge in [0, 0.05) is 11.5 Å². The summed E-state index contributed by atoms with van der Waals surface area (Å²) < 4.78 is 10.4. The third-order valence-corrected chi connectivity index (χ3v) is 9.87. The Morgan fingerprint density at radius 2 is 1.84 bits per heavy atom. The molecular formula is C25H23BrCl2N2O8. The lowest BCUT2D eigenvalue weighted by Gasteiger charge is -2.51. The van der Waals surface area contributed by atoms with Crippen molar-refractivity contribution in [1.82, 2.24) is 9.80 Å². The van der Waals surface area contributed by atoms with Gasteiger partial charge in [-0.3, -0.25) is 24.1 Å². The van der Waals surface area contributed by atoms with Gasteiger partial charge in [-0.1, -0.05) is 45.8 Å². The molecule has 2 aliphatic heterocycles. The third-order valence-electron chi connectivity index (χ3n) is 7.95. The second-order valence-electron chi connectivity index (χ2n) is 9.58. The van der Waals surface area contributed by atoms with Crippen molar-refractivity contribution in [1.29, 1.82) is 0 Å². The lowest BCUT2D eigenvalue weighted by molar-refractivity contribution is -0.140. The van der Waals surface area contributed by atoms with E-state index < -0.39 is 63.1 Å². The number of para-hydroxylation sites is 1. The maximum Gasteiger partial charge on any atom is 0.423 e. The summed E-state index contributed by atoms with van der Waals surface area (Å²) in [6.07, 6.45) is 0.567. The summed E-state index contributed by atoms with van der Waals surface area (Å²) in [6.45, 7) is -0.312. The summed E-state index contributed by atoms with van der Waals surface area (Å²) in [6, 6.07) is 6.74. The van der Waals surface area contributed by atoms with Crippen molar-refractivity contribution in [3.8, 4) is 5.75 Å². The number of benzene rings is 1. The normalized spacial score (nSPS) is 34.1. The first-order chi connectivity index (χ1) is 18.1. The first kappa shape index (κ1) is 27.1. The molecule has 13 heteroatoms. The van der Waals surface area contributed by atoms with Crippen LogP contribution < -0.4 is 4.74 Å². The Bertz CT molecular complexity index is 1290. The highest BCUT2D eigenvalue weighted by Gasteiger charge is 2.76. The van der Waals surface area contributed by atoms with Crippen molar-refractivity contribution in [3.63, 3.8) is 0 Å². The largest absolute Gasteiger partial charge is 0.491 e. The molecule has 2 saturated heterocycles. The predicted molar refractivity (Wildman–Crippen MR) is 137 cm³/mol. The Morgan fingerprint density at radius 3 is 2.50 bits per heavy atom. The number of aliphatic hydroxyl groups excluding tert-OH is 1. The average molecular weight is 630 g/mol. The number of ether oxygens (including phenoxy) is 2. The number of allylic oxidation sites excluding steroid dienone is 2. The number of nitrogens with zero attached hydrogens (tertiary/aromatic N) is 2. The quantitative estimate of drug-likeness (QED) is 0.228. The van der Waals surface area contributed by atoms with Crippen molar-refractivity contribution in [2.24, 2.45) is 17.8 Å². The molecule has 0 bridgehead atoms. The van der Waals surface area contributed by atoms with E-state index in [9.17, 15) is 29.1 Å². The molecule has 1 saturated carbocycles. The summed E-state index contributed by atoms with van der Waals surface area (Å²) >= 11 is 17.5. The molecule has 10 nitrogen and oxygen atoms in total. The Kier molecular flexibility index (Phi) is 6.86. The highest BCUT2D eigenvalue weighted by atomic mass is 79.9. The number of hydrogen-bond acceptors (Lipinski definition) is 8. The second kappa shape index (κ2) is 9.62. The summed E-state index contributed by atoms with van der Waals surface area (Å²) in [4.78, 5) is 63.7. The molecule has 1 aromatic rings. The fourth-order valence-electron chi connectivity index (χ4n) is 6.38. The number of aliphatic hydroxyl groups is 1. The summed E-state index contributed by atoms with van der Waals surface area (Å²) in [5.74, 6) is -6.22. The molecule has 0 aromatic heterocycles. The highest BCUT2D eigenvalue weighted by molar-refractivity contribution is 9.09. The number of rotatable bonds is 5. The first-order valence-corrected chi connectivity index (χ1v) is 13.7. The van der Waals surface area contributed by atoms with Crippen molar-refractivity contribution >= 4 is 68.9 Å². The molecule has 2 heterocycles. The zero-order valence-electron chi connectivity index (χ0n) is 20.1. The molecule has 202 valence electrons. The van der Waals surface area contributed by atoms with Crippen molar-refractivity contribution < 1.29 is 38.6 Å². The van der Waals surface area contributed by atoms with Gasteiger partial charge in [0.15, 0.2) is 9.75 Å². The van der Waals surface area contributed by atoms with Crippen LogP contribution in [0.25, 0.3) is 0 Å². The smallest absolute Gasteiger partial charge is 0.423 e. The molecule has 0 radical (unpaired) electrons. The number of likely N-dealkylation sites (tertiary alicyclic amines) is 2. The van der Waals surface area contributed by atoms with Gasteiger partial charge >= 0.3 is 6.09 Å². The number of amides is 5. The number of hydrogen-bond donors (Lipinski definition) is 1. The third kappa shape index (κ3) is 3.44. The fraction of sp³-hybridized carbons (Fsp3) is 0.480. The van der Waals surface area contributed by atoms with E-state index in [4.69, 9.17) is 27.9 Å². The average Bonchev–Trinajstić information content (AvgIpc) is 3.25. The van der Waals surface area contributed by atoms with E-state index in [0.29, 0.717) is 21.8 Å². The number of fused-ring (bicyclic) bond motifs is 4. The van der Waals surface area contributed by atoms with E-state index in [0.717, 1.165) is 12.0 Å². The van der Waals surface area contributed by atoms with Crippen molar-refractivity contribution in [3.05, 3.63) is 41.5 Å². The summed E-state index contributed by atoms with van der Waals surface area (Å²) in [7, 11) is 1.07. The minimum atomic E-state index is -1.99. The zero-order valence-corrected chi connectivity index (χ0v) is 23.2. The topological polar surface area (TPSA) is 131 Å². The van der Waals surface area contributed by atoms with Gasteiger partial charge in [0.1, 0.15) is 12.4 Å². The number of imide groups is 4. The lowest BCUT2D eigenvalue weighted by atomic mass is 9.56. The molecule has 1 N–H and O–H groups in total. The monoisotopic (exact) mass is 628 g/mol. The fourth-order valence-corrected chi connectivity index (χ4v) is 7.79. The Hall–Kier alpha value is -2.47. The molecule has 3 fully saturated rings. The van der Waals surface area contributed by atoms with Crippen LogP contribution in [0.5, 0.6) is 5.75 Å². The van der Waals surface area contributed by atoms with Crippen molar-refractivity contribution in [2.75, 3.05) is 25.8 Å². The van der Waals surface area contributed by atoms with Crippen LogP contribution in [-0.2, 0) is 23.9 Å². The summed E-state index contributed by atoms with van der Waals surface area (Å²) in [5.41, 5.74) is 0.851. The van der Waals surface area contributed by atoms with Gasteiger partial charge in [0.25, 0.3) is 11.8 Å². The van der Waals surface area contributed by atoms with Gasteiger partial charge in [-0.15, -0.1) is 23.2 Å². The maximum absolute atomic E-state index is 13.8. The van der Waals surface area contributed by atoms with Gasteiger partial charge in [0.2, 0.25) is 11.8 Å². The summed E-state index contributed by atoms with van der Waals surface area (Å²) in [5, 5.41) is 9.34. The number of halogens is 3. The molecule has 6 atom stereocenters. The van der Waals surface area contributed by atoms with Crippen LogP contribution >= 0.6 is 39.1 Å². The molecular weight excluding hydrogens is 607 g/mol. The minimum Gasteiger partial charge on any atom is -0.491 e. The van der Waals surface area contributed by atoms with Crippen LogP contribution in [0.3, 0.4) is 0 Å². The number of methoxy groups -OCH3 is 1. The van der Waals surface area contributed by atoms with E-state index in [-0.39, 0.29) is 31.5 Å². The minimum absolute atomic E-state index is 0.0420. The van der Waals surface area contributed by atoms with Gasteiger partial charge in [0.05, 0.1) is 31.0 Å². The molecule has 1 aromatic carbocycles. The molecule has 5 rings (SSSR count). The molecule has 4 aliphatic rings. The van der Waals surface area contributed by atoms with Crippen LogP contribution in [0.2, 0.25) is 0 Å². The van der Waals surface area contributed by atoms with Crippen molar-refractivity contribution in [2.45, 2.75) is 28.5 Å². The highest BCUT2D eigenvalue weighted by Crippen LogP contribution is 2.66. The van der Waals surface area contributed by atoms with E-state index in [2.05, 4.69) is 20.7 Å².